The number of sulfonamides is 1. The van der Waals surface area contributed by atoms with E-state index in [0.717, 1.165) is 37.8 Å². The molecule has 0 spiro atoms. The van der Waals surface area contributed by atoms with Gasteiger partial charge < -0.3 is 4.90 Å². The number of benzene rings is 3. The van der Waals surface area contributed by atoms with E-state index in [4.69, 9.17) is 0 Å². The van der Waals surface area contributed by atoms with Gasteiger partial charge in [-0.05, 0) is 85.8 Å². The molecule has 8 heteroatoms. The molecule has 174 valence electrons. The van der Waals surface area contributed by atoms with Crippen LogP contribution in [0, 0.1) is 6.92 Å². The summed E-state index contributed by atoms with van der Waals surface area (Å²) in [5.74, 6) is -0.0246. The van der Waals surface area contributed by atoms with Crippen LogP contribution in [0.25, 0.3) is 10.1 Å². The minimum atomic E-state index is -3.69. The molecule has 1 amide bonds. The fourth-order valence-electron chi connectivity index (χ4n) is 4.33. The van der Waals surface area contributed by atoms with E-state index in [1.807, 2.05) is 55.1 Å². The van der Waals surface area contributed by atoms with E-state index in [2.05, 4.69) is 22.0 Å². The normalized spacial score (nSPS) is 13.3. The second kappa shape index (κ2) is 8.83. The molecule has 0 saturated carbocycles. The van der Waals surface area contributed by atoms with Gasteiger partial charge in [-0.15, -0.1) is 11.3 Å². The minimum Gasteiger partial charge on any atom is -0.307 e. The maximum atomic E-state index is 13.3. The van der Waals surface area contributed by atoms with Gasteiger partial charge in [0.25, 0.3) is 15.9 Å². The summed E-state index contributed by atoms with van der Waals surface area (Å²) in [6.07, 6.45) is 0.831. The largest absolute Gasteiger partial charge is 0.307 e. The van der Waals surface area contributed by atoms with Gasteiger partial charge in [0, 0.05) is 27.9 Å². The first kappa shape index (κ1) is 23.1. The zero-order valence-electron chi connectivity index (χ0n) is 18.8. The zero-order chi connectivity index (χ0) is 24.0. The van der Waals surface area contributed by atoms with Crippen LogP contribution in [0.15, 0.2) is 76.1 Å². The van der Waals surface area contributed by atoms with Crippen LogP contribution in [-0.4, -0.2) is 27.4 Å². The van der Waals surface area contributed by atoms with Gasteiger partial charge >= 0.3 is 0 Å². The highest BCUT2D eigenvalue weighted by Crippen LogP contribution is 2.36. The Bertz CT molecular complexity index is 1510. The molecule has 0 radical (unpaired) electrons. The molecule has 1 aromatic heterocycles. The second-order valence-electron chi connectivity index (χ2n) is 8.30. The average Bonchev–Trinajstić information content (AvgIpc) is 3.42. The molecule has 0 fully saturated rings. The Hall–Kier alpha value is -2.68. The van der Waals surface area contributed by atoms with Crippen molar-refractivity contribution >= 4 is 64.7 Å². The van der Waals surface area contributed by atoms with Gasteiger partial charge in [0.2, 0.25) is 0 Å². The van der Waals surface area contributed by atoms with E-state index in [9.17, 15) is 13.2 Å². The highest BCUT2D eigenvalue weighted by Gasteiger charge is 2.28. The first-order valence-corrected chi connectivity index (χ1v) is 14.1. The van der Waals surface area contributed by atoms with Crippen LogP contribution in [-0.2, 0) is 16.4 Å². The second-order valence-corrected chi connectivity index (χ2v) is 12.2. The topological polar surface area (TPSA) is 57.7 Å². The molecule has 0 aliphatic carbocycles. The lowest BCUT2D eigenvalue weighted by molar-refractivity contribution is 0.0993. The van der Waals surface area contributed by atoms with Crippen LogP contribution >= 0.6 is 27.3 Å². The third-order valence-corrected chi connectivity index (χ3v) is 9.59. The van der Waals surface area contributed by atoms with Crippen LogP contribution in [0.1, 0.15) is 27.7 Å². The molecule has 5 nitrogen and oxygen atoms in total. The summed E-state index contributed by atoms with van der Waals surface area (Å²) in [6, 6.07) is 20.3. The summed E-state index contributed by atoms with van der Waals surface area (Å²) < 4.78 is 30.0. The third kappa shape index (κ3) is 4.04. The quantitative estimate of drug-likeness (QED) is 0.287. The van der Waals surface area contributed by atoms with E-state index in [1.165, 1.54) is 15.6 Å². The number of hydrogen-bond donors (Lipinski definition) is 0. The van der Waals surface area contributed by atoms with E-state index in [1.54, 1.807) is 24.3 Å². The smallest absolute Gasteiger partial charge is 0.268 e. The number of fused-ring (bicyclic) bond motifs is 2. The lowest BCUT2D eigenvalue weighted by Gasteiger charge is -2.23. The Morgan fingerprint density at radius 1 is 1.06 bits per heavy atom. The van der Waals surface area contributed by atoms with Crippen molar-refractivity contribution in [3.05, 3.63) is 87.2 Å². The Morgan fingerprint density at radius 3 is 2.56 bits per heavy atom. The van der Waals surface area contributed by atoms with Gasteiger partial charge in [-0.2, -0.15) is 0 Å². The summed E-state index contributed by atoms with van der Waals surface area (Å²) >= 11 is 4.93. The van der Waals surface area contributed by atoms with Crippen LogP contribution in [0.3, 0.4) is 0 Å². The maximum Gasteiger partial charge on any atom is 0.268 e. The van der Waals surface area contributed by atoms with Crippen molar-refractivity contribution in [1.82, 2.24) is 0 Å². The molecule has 0 N–H and O–H groups in total. The molecular weight excluding hydrogens is 532 g/mol. The van der Waals surface area contributed by atoms with Crippen molar-refractivity contribution < 1.29 is 13.2 Å². The number of carbonyl (C=O) groups is 1. The van der Waals surface area contributed by atoms with Gasteiger partial charge in [-0.1, -0.05) is 33.6 Å². The molecule has 0 unspecified atom stereocenters. The van der Waals surface area contributed by atoms with E-state index < -0.39 is 10.0 Å². The number of hydrogen-bond acceptors (Lipinski definition) is 4. The lowest BCUT2D eigenvalue weighted by Crippen LogP contribution is -2.30. The number of halogens is 1. The highest BCUT2D eigenvalue weighted by molar-refractivity contribution is 9.10. The highest BCUT2D eigenvalue weighted by atomic mass is 79.9. The van der Waals surface area contributed by atoms with Crippen molar-refractivity contribution in [3.8, 4) is 0 Å². The molecule has 0 bridgehead atoms. The molecule has 0 saturated heterocycles. The Kier molecular flexibility index (Phi) is 6.00. The Balaban J connectivity index is 1.47. The number of thiophene rings is 1. The van der Waals surface area contributed by atoms with Gasteiger partial charge in [0.15, 0.2) is 0 Å². The number of nitrogens with zero attached hydrogens (tertiary/aromatic N) is 2. The minimum absolute atomic E-state index is 0.0246. The molecule has 3 aromatic carbocycles. The fraction of sp³-hybridized carbons (Fsp3) is 0.192. The predicted molar refractivity (Wildman–Crippen MR) is 143 cm³/mol. The van der Waals surface area contributed by atoms with E-state index in [0.29, 0.717) is 23.7 Å². The first-order chi connectivity index (χ1) is 16.3. The number of amides is 1. The predicted octanol–water partition coefficient (Wildman–Crippen LogP) is 6.39. The first-order valence-electron chi connectivity index (χ1n) is 11.0. The Morgan fingerprint density at radius 2 is 1.82 bits per heavy atom. The summed E-state index contributed by atoms with van der Waals surface area (Å²) in [5.41, 5.74) is 3.70. The van der Waals surface area contributed by atoms with Crippen molar-refractivity contribution in [3.63, 3.8) is 0 Å². The zero-order valence-corrected chi connectivity index (χ0v) is 22.0. The van der Waals surface area contributed by atoms with Crippen molar-refractivity contribution in [2.24, 2.45) is 0 Å². The number of rotatable bonds is 5. The molecule has 1 aliphatic heterocycles. The van der Waals surface area contributed by atoms with Crippen LogP contribution < -0.4 is 9.21 Å². The van der Waals surface area contributed by atoms with E-state index >= 15 is 0 Å². The molecule has 0 atom stereocenters. The molecule has 34 heavy (non-hydrogen) atoms. The van der Waals surface area contributed by atoms with Gasteiger partial charge in [-0.25, -0.2) is 8.42 Å². The molecule has 4 aromatic rings. The van der Waals surface area contributed by atoms with Gasteiger partial charge in [0.1, 0.15) is 0 Å². The number of aryl methyl sites for hydroxylation is 1. The summed E-state index contributed by atoms with van der Waals surface area (Å²) in [4.78, 5) is 16.1. The molecule has 2 heterocycles. The van der Waals surface area contributed by atoms with Crippen molar-refractivity contribution in [2.75, 3.05) is 22.3 Å². The Labute approximate surface area is 211 Å². The summed E-state index contributed by atoms with van der Waals surface area (Å²) in [5, 5.41) is 0.860. The SMILES string of the molecule is CCN(c1ccc2sc(C(=O)N3CCc4cc(Br)ccc43)cc2c1)S(=O)(=O)c1ccc(C)cc1. The number of carbonyl (C=O) groups excluding carboxylic acids is 1. The molecule has 1 aliphatic rings. The summed E-state index contributed by atoms with van der Waals surface area (Å²) in [6.45, 7) is 4.71. The van der Waals surface area contributed by atoms with Crippen LogP contribution in [0.2, 0.25) is 0 Å². The molecular formula is C26H23BrN2O3S2. The van der Waals surface area contributed by atoms with Crippen molar-refractivity contribution in [1.29, 1.82) is 0 Å². The van der Waals surface area contributed by atoms with E-state index in [-0.39, 0.29) is 10.8 Å². The standard InChI is InChI=1S/C26H23BrN2O3S2/c1-3-29(34(31,32)22-8-4-17(2)5-9-22)21-7-11-24-19(15-21)16-25(33-24)26(30)28-13-12-18-14-20(27)6-10-23(18)28/h4-11,14-16H,3,12-13H2,1-2H3. The van der Waals surface area contributed by atoms with Crippen LogP contribution in [0.4, 0.5) is 11.4 Å². The van der Waals surface area contributed by atoms with Crippen molar-refractivity contribution in [2.45, 2.75) is 25.2 Å². The average molecular weight is 556 g/mol. The van der Waals surface area contributed by atoms with Gasteiger partial charge in [-0.3, -0.25) is 9.10 Å². The fourth-order valence-corrected chi connectivity index (χ4v) is 7.20. The maximum absolute atomic E-state index is 13.3. The number of anilines is 2. The van der Waals surface area contributed by atoms with Crippen LogP contribution in [0.5, 0.6) is 0 Å². The summed E-state index contributed by atoms with van der Waals surface area (Å²) in [7, 11) is -3.69. The monoisotopic (exact) mass is 554 g/mol. The van der Waals surface area contributed by atoms with Gasteiger partial charge in [0.05, 0.1) is 15.5 Å². The third-order valence-electron chi connectivity index (χ3n) is 6.08. The lowest BCUT2D eigenvalue weighted by atomic mass is 10.2. The molecule has 5 rings (SSSR count).